The van der Waals surface area contributed by atoms with E-state index in [9.17, 15) is 0 Å². The molecule has 1 aromatic rings. The Bertz CT molecular complexity index is 343. The van der Waals surface area contributed by atoms with Crippen LogP contribution in [0.5, 0.6) is 0 Å². The van der Waals surface area contributed by atoms with Crippen molar-refractivity contribution in [1.29, 1.82) is 0 Å². The van der Waals surface area contributed by atoms with Gasteiger partial charge in [0.1, 0.15) is 5.82 Å². The minimum absolute atomic E-state index is 0.161. The molecule has 17 heavy (non-hydrogen) atoms. The number of aromatic nitrogens is 2. The molecular formula is C13H23N3O. The van der Waals surface area contributed by atoms with Crippen LogP contribution in [0, 0.1) is 13.8 Å². The van der Waals surface area contributed by atoms with Crippen LogP contribution >= 0.6 is 0 Å². The van der Waals surface area contributed by atoms with Gasteiger partial charge in [-0.2, -0.15) is 0 Å². The topological polar surface area (TPSA) is 47.0 Å². The van der Waals surface area contributed by atoms with Gasteiger partial charge in [-0.15, -0.1) is 0 Å². The molecule has 0 fully saturated rings. The average molecular weight is 237 g/mol. The molecule has 4 nitrogen and oxygen atoms in total. The highest BCUT2D eigenvalue weighted by Gasteiger charge is 2.10. The maximum absolute atomic E-state index is 5.24. The fourth-order valence-electron chi connectivity index (χ4n) is 1.75. The van der Waals surface area contributed by atoms with E-state index in [-0.39, 0.29) is 6.10 Å². The number of nitrogens with zero attached hydrogens (tertiary/aromatic N) is 2. The quantitative estimate of drug-likeness (QED) is 0.819. The van der Waals surface area contributed by atoms with Gasteiger partial charge >= 0.3 is 0 Å². The first kappa shape index (κ1) is 14.1. The predicted molar refractivity (Wildman–Crippen MR) is 69.1 cm³/mol. The first-order valence-electron chi connectivity index (χ1n) is 6.15. The van der Waals surface area contributed by atoms with E-state index in [2.05, 4.69) is 22.2 Å². The van der Waals surface area contributed by atoms with Crippen LogP contribution in [-0.4, -0.2) is 29.7 Å². The van der Waals surface area contributed by atoms with Crippen LogP contribution in [0.3, 0.4) is 0 Å². The van der Waals surface area contributed by atoms with Crippen molar-refractivity contribution in [3.05, 3.63) is 22.8 Å². The molecule has 1 aromatic heterocycles. The number of hydrogen-bond donors (Lipinski definition) is 1. The van der Waals surface area contributed by atoms with Crippen molar-refractivity contribution in [3.63, 3.8) is 0 Å². The fourth-order valence-corrected chi connectivity index (χ4v) is 1.75. The zero-order valence-electron chi connectivity index (χ0n) is 11.5. The maximum Gasteiger partial charge on any atom is 0.131 e. The van der Waals surface area contributed by atoms with Gasteiger partial charge in [-0.1, -0.05) is 6.92 Å². The van der Waals surface area contributed by atoms with Crippen molar-refractivity contribution in [1.82, 2.24) is 15.3 Å². The van der Waals surface area contributed by atoms with E-state index in [1.54, 1.807) is 7.11 Å². The number of nitrogens with one attached hydrogen (secondary N) is 1. The van der Waals surface area contributed by atoms with Gasteiger partial charge in [0.2, 0.25) is 0 Å². The SMILES string of the molecule is CCNCc1c(C)nc(CC(C)OC)nc1C. The van der Waals surface area contributed by atoms with E-state index >= 15 is 0 Å². The summed E-state index contributed by atoms with van der Waals surface area (Å²) in [5, 5.41) is 3.31. The first-order valence-corrected chi connectivity index (χ1v) is 6.15. The number of aryl methyl sites for hydroxylation is 2. The van der Waals surface area contributed by atoms with Crippen molar-refractivity contribution in [2.45, 2.75) is 46.8 Å². The summed E-state index contributed by atoms with van der Waals surface area (Å²) in [5.74, 6) is 0.870. The van der Waals surface area contributed by atoms with Gasteiger partial charge in [0.15, 0.2) is 0 Å². The second-order valence-corrected chi connectivity index (χ2v) is 4.32. The Hall–Kier alpha value is -1.00. The third-order valence-corrected chi connectivity index (χ3v) is 2.89. The average Bonchev–Trinajstić information content (AvgIpc) is 2.28. The van der Waals surface area contributed by atoms with Crippen LogP contribution in [0.4, 0.5) is 0 Å². The van der Waals surface area contributed by atoms with Crippen LogP contribution in [0.2, 0.25) is 0 Å². The number of rotatable bonds is 6. The zero-order chi connectivity index (χ0) is 12.8. The molecule has 0 aliphatic heterocycles. The molecule has 1 atom stereocenters. The monoisotopic (exact) mass is 237 g/mol. The Morgan fingerprint density at radius 2 is 1.82 bits per heavy atom. The highest BCUT2D eigenvalue weighted by molar-refractivity contribution is 5.24. The van der Waals surface area contributed by atoms with Gasteiger partial charge in [0.25, 0.3) is 0 Å². The lowest BCUT2D eigenvalue weighted by atomic mass is 10.1. The smallest absolute Gasteiger partial charge is 0.131 e. The fraction of sp³-hybridized carbons (Fsp3) is 0.692. The van der Waals surface area contributed by atoms with Gasteiger partial charge < -0.3 is 10.1 Å². The highest BCUT2D eigenvalue weighted by atomic mass is 16.5. The second-order valence-electron chi connectivity index (χ2n) is 4.32. The molecule has 96 valence electrons. The predicted octanol–water partition coefficient (Wildman–Crippen LogP) is 1.78. The maximum atomic E-state index is 5.24. The van der Waals surface area contributed by atoms with E-state index in [1.165, 1.54) is 5.56 Å². The lowest BCUT2D eigenvalue weighted by Crippen LogP contribution is -2.18. The minimum Gasteiger partial charge on any atom is -0.381 e. The van der Waals surface area contributed by atoms with Crippen LogP contribution in [0.25, 0.3) is 0 Å². The number of ether oxygens (including phenoxy) is 1. The summed E-state index contributed by atoms with van der Waals surface area (Å²) in [5.41, 5.74) is 3.34. The molecule has 0 amide bonds. The molecule has 0 bridgehead atoms. The van der Waals surface area contributed by atoms with E-state index in [0.29, 0.717) is 0 Å². The molecule has 0 radical (unpaired) electrons. The Kier molecular flexibility index (Phi) is 5.51. The third kappa shape index (κ3) is 4.06. The number of methoxy groups -OCH3 is 1. The largest absolute Gasteiger partial charge is 0.381 e. The van der Waals surface area contributed by atoms with Crippen LogP contribution < -0.4 is 5.32 Å². The van der Waals surface area contributed by atoms with Gasteiger partial charge in [0.05, 0.1) is 6.10 Å². The lowest BCUT2D eigenvalue weighted by Gasteiger charge is -2.13. The van der Waals surface area contributed by atoms with Gasteiger partial charge in [-0.05, 0) is 27.3 Å². The molecule has 1 N–H and O–H groups in total. The molecule has 1 rings (SSSR count). The van der Waals surface area contributed by atoms with E-state index in [4.69, 9.17) is 4.74 Å². The summed E-state index contributed by atoms with van der Waals surface area (Å²) in [6, 6.07) is 0. The summed E-state index contributed by atoms with van der Waals surface area (Å²) in [6.45, 7) is 10.0. The molecule has 1 heterocycles. The Balaban J connectivity index is 2.85. The van der Waals surface area contributed by atoms with E-state index in [0.717, 1.165) is 36.7 Å². The summed E-state index contributed by atoms with van der Waals surface area (Å²) in [4.78, 5) is 9.09. The third-order valence-electron chi connectivity index (χ3n) is 2.89. The van der Waals surface area contributed by atoms with Crippen LogP contribution in [0.15, 0.2) is 0 Å². The lowest BCUT2D eigenvalue weighted by molar-refractivity contribution is 0.117. The highest BCUT2D eigenvalue weighted by Crippen LogP contribution is 2.11. The normalized spacial score (nSPS) is 12.8. The van der Waals surface area contributed by atoms with Gasteiger partial charge in [0, 0.05) is 37.0 Å². The molecule has 0 saturated carbocycles. The Morgan fingerprint density at radius 1 is 1.24 bits per heavy atom. The number of hydrogen-bond acceptors (Lipinski definition) is 4. The molecule has 0 aliphatic carbocycles. The summed E-state index contributed by atoms with van der Waals surface area (Å²) in [7, 11) is 1.71. The van der Waals surface area contributed by atoms with E-state index < -0.39 is 0 Å². The molecule has 4 heteroatoms. The first-order chi connectivity index (χ1) is 8.08. The zero-order valence-corrected chi connectivity index (χ0v) is 11.5. The summed E-state index contributed by atoms with van der Waals surface area (Å²) < 4.78 is 5.24. The van der Waals surface area contributed by atoms with Crippen molar-refractivity contribution in [2.24, 2.45) is 0 Å². The van der Waals surface area contributed by atoms with Crippen molar-refractivity contribution in [2.75, 3.05) is 13.7 Å². The molecule has 1 unspecified atom stereocenters. The minimum atomic E-state index is 0.161. The summed E-state index contributed by atoms with van der Waals surface area (Å²) >= 11 is 0. The summed E-state index contributed by atoms with van der Waals surface area (Å²) in [6.07, 6.45) is 0.924. The molecule has 0 aliphatic rings. The van der Waals surface area contributed by atoms with Crippen molar-refractivity contribution < 1.29 is 4.74 Å². The molecule has 0 aromatic carbocycles. The van der Waals surface area contributed by atoms with Crippen LogP contribution in [0.1, 0.15) is 36.6 Å². The molecule has 0 spiro atoms. The van der Waals surface area contributed by atoms with Crippen molar-refractivity contribution in [3.8, 4) is 0 Å². The Morgan fingerprint density at radius 3 is 2.29 bits per heavy atom. The van der Waals surface area contributed by atoms with Gasteiger partial charge in [-0.3, -0.25) is 0 Å². The van der Waals surface area contributed by atoms with Crippen molar-refractivity contribution >= 4 is 0 Å². The van der Waals surface area contributed by atoms with Gasteiger partial charge in [-0.25, -0.2) is 9.97 Å². The second kappa shape index (κ2) is 6.67. The standard InChI is InChI=1S/C13H23N3O/c1-6-14-8-12-10(3)15-13(16-11(12)4)7-9(2)17-5/h9,14H,6-8H2,1-5H3. The van der Waals surface area contributed by atoms with Crippen LogP contribution in [-0.2, 0) is 17.7 Å². The Labute approximate surface area is 104 Å². The molecule has 0 saturated heterocycles. The molecular weight excluding hydrogens is 214 g/mol. The van der Waals surface area contributed by atoms with E-state index in [1.807, 2.05) is 20.8 Å².